The van der Waals surface area contributed by atoms with E-state index in [1.54, 1.807) is 12.5 Å². The van der Waals surface area contributed by atoms with Gasteiger partial charge in [0, 0.05) is 52.0 Å². The van der Waals surface area contributed by atoms with Crippen molar-refractivity contribution in [2.24, 2.45) is 5.73 Å². The van der Waals surface area contributed by atoms with Crippen LogP contribution in [0.2, 0.25) is 0 Å². The van der Waals surface area contributed by atoms with Crippen molar-refractivity contribution in [2.75, 3.05) is 45.9 Å². The number of amides is 1. The van der Waals surface area contributed by atoms with E-state index in [1.165, 1.54) is 0 Å². The van der Waals surface area contributed by atoms with Gasteiger partial charge in [-0.1, -0.05) is 0 Å². The van der Waals surface area contributed by atoms with Crippen molar-refractivity contribution in [2.45, 2.75) is 6.54 Å². The Kier molecular flexibility index (Phi) is 4.89. The number of β-amino-alcohol motifs (C(OH)–C–C–N with tert-alkyl or cyclic N) is 1. The first kappa shape index (κ1) is 14.0. The molecule has 1 aliphatic heterocycles. The third kappa shape index (κ3) is 3.52. The van der Waals surface area contributed by atoms with Gasteiger partial charge in [0.25, 0.3) is 5.91 Å². The normalized spacial score (nSPS) is 16.8. The molecule has 1 saturated heterocycles. The van der Waals surface area contributed by atoms with E-state index in [0.29, 0.717) is 38.4 Å². The van der Waals surface area contributed by atoms with Crippen LogP contribution < -0.4 is 5.73 Å². The summed E-state index contributed by atoms with van der Waals surface area (Å²) in [5.74, 6) is -0.0283. The average molecular weight is 267 g/mol. The third-order valence-electron chi connectivity index (χ3n) is 3.32. The molecule has 1 aromatic heterocycles. The molecule has 0 atom stereocenters. The van der Waals surface area contributed by atoms with E-state index in [2.05, 4.69) is 9.88 Å². The van der Waals surface area contributed by atoms with Gasteiger partial charge in [-0.3, -0.25) is 9.69 Å². The lowest BCUT2D eigenvalue weighted by Gasteiger charge is -2.33. The molecule has 7 heteroatoms. The van der Waals surface area contributed by atoms with Gasteiger partial charge in [0.1, 0.15) is 5.69 Å². The van der Waals surface area contributed by atoms with Crippen molar-refractivity contribution in [1.29, 1.82) is 0 Å². The fourth-order valence-electron chi connectivity index (χ4n) is 2.22. The first-order valence-corrected chi connectivity index (χ1v) is 6.59. The molecule has 1 aromatic rings. The summed E-state index contributed by atoms with van der Waals surface area (Å²) in [7, 11) is 0. The number of piperazine rings is 1. The average Bonchev–Trinajstić information content (AvgIpc) is 2.88. The predicted molar refractivity (Wildman–Crippen MR) is 70.7 cm³/mol. The van der Waals surface area contributed by atoms with E-state index < -0.39 is 0 Å². The van der Waals surface area contributed by atoms with Crippen LogP contribution in [0.4, 0.5) is 0 Å². The number of aliphatic hydroxyl groups is 1. The predicted octanol–water partition coefficient (Wildman–Crippen LogP) is -1.41. The van der Waals surface area contributed by atoms with Gasteiger partial charge in [-0.25, -0.2) is 4.98 Å². The van der Waals surface area contributed by atoms with Crippen molar-refractivity contribution < 1.29 is 9.90 Å². The minimum Gasteiger partial charge on any atom is -0.395 e. The summed E-state index contributed by atoms with van der Waals surface area (Å²) >= 11 is 0. The number of aromatic nitrogens is 2. The van der Waals surface area contributed by atoms with E-state index in [-0.39, 0.29) is 12.5 Å². The molecule has 7 nitrogen and oxygen atoms in total. The summed E-state index contributed by atoms with van der Waals surface area (Å²) in [6, 6.07) is 0. The molecule has 0 bridgehead atoms. The Morgan fingerprint density at radius 3 is 2.68 bits per heavy atom. The molecule has 0 aromatic carbocycles. The number of hydrogen-bond acceptors (Lipinski definition) is 5. The number of hydrogen-bond donors (Lipinski definition) is 2. The maximum Gasteiger partial charge on any atom is 0.274 e. The molecule has 3 N–H and O–H groups in total. The lowest BCUT2D eigenvalue weighted by Crippen LogP contribution is -2.49. The number of aliphatic hydroxyl groups excluding tert-OH is 1. The molecule has 19 heavy (non-hydrogen) atoms. The Bertz CT molecular complexity index is 412. The molecule has 106 valence electrons. The molecule has 1 fully saturated rings. The molecule has 1 aliphatic rings. The standard InChI is InChI=1S/C12H21N5O2/c13-1-2-16-9-11(14-10-16)12(19)17-5-3-15(4-6-17)7-8-18/h9-10,18H,1-8,13H2. The van der Waals surface area contributed by atoms with Crippen LogP contribution in [0.3, 0.4) is 0 Å². The van der Waals surface area contributed by atoms with E-state index in [1.807, 2.05) is 9.47 Å². The highest BCUT2D eigenvalue weighted by atomic mass is 16.3. The highest BCUT2D eigenvalue weighted by Gasteiger charge is 2.23. The number of imidazole rings is 1. The molecule has 2 heterocycles. The van der Waals surface area contributed by atoms with Gasteiger partial charge in [-0.05, 0) is 0 Å². The maximum absolute atomic E-state index is 12.2. The molecule has 0 radical (unpaired) electrons. The van der Waals surface area contributed by atoms with Crippen molar-refractivity contribution in [3.05, 3.63) is 18.2 Å². The van der Waals surface area contributed by atoms with E-state index in [9.17, 15) is 4.79 Å². The van der Waals surface area contributed by atoms with Crippen LogP contribution in [0.5, 0.6) is 0 Å². The number of nitrogens with zero attached hydrogens (tertiary/aromatic N) is 4. The summed E-state index contributed by atoms with van der Waals surface area (Å²) < 4.78 is 1.83. The maximum atomic E-state index is 12.2. The van der Waals surface area contributed by atoms with Crippen LogP contribution in [-0.2, 0) is 6.54 Å². The second-order valence-electron chi connectivity index (χ2n) is 4.64. The summed E-state index contributed by atoms with van der Waals surface area (Å²) in [6.45, 7) is 5.01. The van der Waals surface area contributed by atoms with E-state index in [0.717, 1.165) is 13.1 Å². The fraction of sp³-hybridized carbons (Fsp3) is 0.667. The highest BCUT2D eigenvalue weighted by molar-refractivity contribution is 5.92. The summed E-state index contributed by atoms with van der Waals surface area (Å²) in [5.41, 5.74) is 5.94. The van der Waals surface area contributed by atoms with Crippen molar-refractivity contribution in [3.8, 4) is 0 Å². The summed E-state index contributed by atoms with van der Waals surface area (Å²) in [6.07, 6.45) is 3.39. The number of carbonyl (C=O) groups is 1. The van der Waals surface area contributed by atoms with Crippen LogP contribution in [0.25, 0.3) is 0 Å². The fourth-order valence-corrected chi connectivity index (χ4v) is 2.22. The first-order chi connectivity index (χ1) is 9.24. The second-order valence-corrected chi connectivity index (χ2v) is 4.64. The van der Waals surface area contributed by atoms with Gasteiger partial charge in [-0.15, -0.1) is 0 Å². The molecule has 2 rings (SSSR count). The zero-order chi connectivity index (χ0) is 13.7. The Morgan fingerprint density at radius 2 is 2.05 bits per heavy atom. The number of carbonyl (C=O) groups excluding carboxylic acids is 1. The lowest BCUT2D eigenvalue weighted by atomic mass is 10.3. The van der Waals surface area contributed by atoms with Gasteiger partial charge in [0.05, 0.1) is 12.9 Å². The quantitative estimate of drug-likeness (QED) is 0.684. The molecule has 0 saturated carbocycles. The number of nitrogens with two attached hydrogens (primary N) is 1. The van der Waals surface area contributed by atoms with Gasteiger partial charge >= 0.3 is 0 Å². The lowest BCUT2D eigenvalue weighted by molar-refractivity contribution is 0.0610. The highest BCUT2D eigenvalue weighted by Crippen LogP contribution is 2.07. The molecule has 0 spiro atoms. The zero-order valence-electron chi connectivity index (χ0n) is 11.0. The minimum absolute atomic E-state index is 0.0283. The SMILES string of the molecule is NCCn1cnc(C(=O)N2CCN(CCO)CC2)c1. The van der Waals surface area contributed by atoms with Gasteiger partial charge in [-0.2, -0.15) is 0 Å². The second kappa shape index (κ2) is 6.65. The van der Waals surface area contributed by atoms with Crippen molar-refractivity contribution in [1.82, 2.24) is 19.4 Å². The van der Waals surface area contributed by atoms with E-state index in [4.69, 9.17) is 10.8 Å². The van der Waals surface area contributed by atoms with Crippen LogP contribution in [0.15, 0.2) is 12.5 Å². The van der Waals surface area contributed by atoms with Gasteiger partial charge < -0.3 is 20.3 Å². The van der Waals surface area contributed by atoms with Gasteiger partial charge in [0.2, 0.25) is 0 Å². The monoisotopic (exact) mass is 267 g/mol. The molecule has 0 unspecified atom stereocenters. The Morgan fingerprint density at radius 1 is 1.32 bits per heavy atom. The van der Waals surface area contributed by atoms with E-state index >= 15 is 0 Å². The largest absolute Gasteiger partial charge is 0.395 e. The topological polar surface area (TPSA) is 87.6 Å². The Hall–Kier alpha value is -1.44. The molecular formula is C12H21N5O2. The van der Waals surface area contributed by atoms with Crippen LogP contribution in [0, 0.1) is 0 Å². The van der Waals surface area contributed by atoms with Gasteiger partial charge in [0.15, 0.2) is 0 Å². The summed E-state index contributed by atoms with van der Waals surface area (Å²) in [4.78, 5) is 20.3. The van der Waals surface area contributed by atoms with Crippen LogP contribution in [0.1, 0.15) is 10.5 Å². The number of rotatable bonds is 5. The Labute approximate surface area is 112 Å². The molecule has 0 aliphatic carbocycles. The van der Waals surface area contributed by atoms with Crippen molar-refractivity contribution in [3.63, 3.8) is 0 Å². The summed E-state index contributed by atoms with van der Waals surface area (Å²) in [5, 5.41) is 8.88. The third-order valence-corrected chi connectivity index (χ3v) is 3.32. The van der Waals surface area contributed by atoms with Crippen LogP contribution in [-0.4, -0.2) is 76.2 Å². The first-order valence-electron chi connectivity index (χ1n) is 6.59. The zero-order valence-corrected chi connectivity index (χ0v) is 11.0. The Balaban J connectivity index is 1.89. The molecule has 1 amide bonds. The molecular weight excluding hydrogens is 246 g/mol. The minimum atomic E-state index is -0.0283. The van der Waals surface area contributed by atoms with Crippen molar-refractivity contribution >= 4 is 5.91 Å². The van der Waals surface area contributed by atoms with Crippen LogP contribution >= 0.6 is 0 Å². The smallest absolute Gasteiger partial charge is 0.274 e.